The van der Waals surface area contributed by atoms with Crippen molar-refractivity contribution in [3.63, 3.8) is 0 Å². The van der Waals surface area contributed by atoms with Gasteiger partial charge in [-0.1, -0.05) is 24.1 Å². The van der Waals surface area contributed by atoms with Gasteiger partial charge in [0.1, 0.15) is 5.69 Å². The quantitative estimate of drug-likeness (QED) is 0.847. The standard InChI is InChI=1S/C17H16N2O/c1-13(2)19-17(20)15-9-11-16(18-12-15)10-8-14-6-4-3-5-7-14/h3-7,9,11-13H,1-2H3,(H,19,20). The molecule has 3 nitrogen and oxygen atoms in total. The molecule has 1 amide bonds. The van der Waals surface area contributed by atoms with E-state index in [9.17, 15) is 4.79 Å². The van der Waals surface area contributed by atoms with Gasteiger partial charge in [-0.15, -0.1) is 0 Å². The molecule has 2 aromatic rings. The highest BCUT2D eigenvalue weighted by molar-refractivity contribution is 5.94. The molecule has 0 saturated carbocycles. The summed E-state index contributed by atoms with van der Waals surface area (Å²) in [5.74, 6) is 5.89. The Morgan fingerprint density at radius 1 is 1.10 bits per heavy atom. The van der Waals surface area contributed by atoms with Gasteiger partial charge in [-0.3, -0.25) is 4.79 Å². The molecule has 0 aliphatic heterocycles. The van der Waals surface area contributed by atoms with E-state index in [-0.39, 0.29) is 11.9 Å². The van der Waals surface area contributed by atoms with Crippen molar-refractivity contribution in [3.8, 4) is 11.8 Å². The normalized spacial score (nSPS) is 9.75. The summed E-state index contributed by atoms with van der Waals surface area (Å²) >= 11 is 0. The van der Waals surface area contributed by atoms with Crippen LogP contribution in [0.15, 0.2) is 48.7 Å². The summed E-state index contributed by atoms with van der Waals surface area (Å²) in [5, 5.41) is 2.82. The van der Waals surface area contributed by atoms with E-state index < -0.39 is 0 Å². The largest absolute Gasteiger partial charge is 0.350 e. The van der Waals surface area contributed by atoms with E-state index in [1.807, 2.05) is 44.2 Å². The minimum atomic E-state index is -0.116. The van der Waals surface area contributed by atoms with E-state index in [0.717, 1.165) is 5.56 Å². The molecule has 1 heterocycles. The summed E-state index contributed by atoms with van der Waals surface area (Å²) < 4.78 is 0. The van der Waals surface area contributed by atoms with Crippen molar-refractivity contribution in [1.29, 1.82) is 0 Å². The molecule has 0 aliphatic rings. The number of carbonyl (C=O) groups excluding carboxylic acids is 1. The molecular weight excluding hydrogens is 248 g/mol. The summed E-state index contributed by atoms with van der Waals surface area (Å²) in [6, 6.07) is 13.3. The maximum Gasteiger partial charge on any atom is 0.253 e. The van der Waals surface area contributed by atoms with Gasteiger partial charge < -0.3 is 5.32 Å². The van der Waals surface area contributed by atoms with Crippen molar-refractivity contribution in [2.24, 2.45) is 0 Å². The second-order valence-electron chi connectivity index (χ2n) is 4.68. The molecule has 100 valence electrons. The first-order valence-electron chi connectivity index (χ1n) is 6.49. The lowest BCUT2D eigenvalue weighted by atomic mass is 10.2. The molecule has 1 aromatic heterocycles. The van der Waals surface area contributed by atoms with Crippen LogP contribution in [0.1, 0.15) is 35.5 Å². The number of hydrogen-bond acceptors (Lipinski definition) is 2. The fourth-order valence-electron chi connectivity index (χ4n) is 1.61. The van der Waals surface area contributed by atoms with Gasteiger partial charge in [0.15, 0.2) is 0 Å². The van der Waals surface area contributed by atoms with Crippen molar-refractivity contribution in [3.05, 3.63) is 65.5 Å². The highest BCUT2D eigenvalue weighted by Gasteiger charge is 2.06. The summed E-state index contributed by atoms with van der Waals surface area (Å²) in [7, 11) is 0. The Bertz CT molecular complexity index is 634. The van der Waals surface area contributed by atoms with Gasteiger partial charge in [0.05, 0.1) is 5.56 Å². The lowest BCUT2D eigenvalue weighted by Gasteiger charge is -2.07. The van der Waals surface area contributed by atoms with E-state index in [1.165, 1.54) is 0 Å². The molecule has 3 heteroatoms. The second kappa shape index (κ2) is 6.53. The van der Waals surface area contributed by atoms with Gasteiger partial charge in [-0.2, -0.15) is 0 Å². The fourth-order valence-corrected chi connectivity index (χ4v) is 1.61. The Hall–Kier alpha value is -2.60. The Morgan fingerprint density at radius 2 is 1.85 bits per heavy atom. The number of nitrogens with zero attached hydrogens (tertiary/aromatic N) is 1. The Kier molecular flexibility index (Phi) is 4.52. The summed E-state index contributed by atoms with van der Waals surface area (Å²) in [5.41, 5.74) is 2.13. The smallest absolute Gasteiger partial charge is 0.253 e. The van der Waals surface area contributed by atoms with Crippen LogP contribution in [0.25, 0.3) is 0 Å². The Labute approximate surface area is 119 Å². The van der Waals surface area contributed by atoms with Crippen LogP contribution in [0.2, 0.25) is 0 Å². The molecule has 1 aromatic carbocycles. The molecule has 0 radical (unpaired) electrons. The highest BCUT2D eigenvalue weighted by Crippen LogP contribution is 2.01. The number of rotatable bonds is 2. The monoisotopic (exact) mass is 264 g/mol. The van der Waals surface area contributed by atoms with E-state index >= 15 is 0 Å². The van der Waals surface area contributed by atoms with E-state index in [4.69, 9.17) is 0 Å². The van der Waals surface area contributed by atoms with Crippen molar-refractivity contribution in [1.82, 2.24) is 10.3 Å². The van der Waals surface area contributed by atoms with Gasteiger partial charge in [-0.25, -0.2) is 4.98 Å². The predicted molar refractivity (Wildman–Crippen MR) is 79.3 cm³/mol. The van der Waals surface area contributed by atoms with Crippen molar-refractivity contribution in [2.45, 2.75) is 19.9 Å². The zero-order valence-corrected chi connectivity index (χ0v) is 11.6. The van der Waals surface area contributed by atoms with Crippen molar-refractivity contribution < 1.29 is 4.79 Å². The number of pyridine rings is 1. The number of carbonyl (C=O) groups is 1. The zero-order chi connectivity index (χ0) is 14.4. The van der Waals surface area contributed by atoms with Crippen molar-refractivity contribution in [2.75, 3.05) is 0 Å². The lowest BCUT2D eigenvalue weighted by Crippen LogP contribution is -2.30. The first-order valence-corrected chi connectivity index (χ1v) is 6.49. The number of aromatic nitrogens is 1. The molecule has 2 rings (SSSR count). The number of amides is 1. The second-order valence-corrected chi connectivity index (χ2v) is 4.68. The predicted octanol–water partition coefficient (Wildman–Crippen LogP) is 2.62. The first kappa shape index (κ1) is 13.8. The minimum absolute atomic E-state index is 0.111. The molecule has 0 aliphatic carbocycles. The van der Waals surface area contributed by atoms with Crippen LogP contribution in [0, 0.1) is 11.8 Å². The number of benzene rings is 1. The molecule has 0 atom stereocenters. The number of nitrogens with one attached hydrogen (secondary N) is 1. The third-order valence-corrected chi connectivity index (χ3v) is 2.55. The van der Waals surface area contributed by atoms with E-state index in [1.54, 1.807) is 18.3 Å². The lowest BCUT2D eigenvalue weighted by molar-refractivity contribution is 0.0943. The third-order valence-electron chi connectivity index (χ3n) is 2.55. The average Bonchev–Trinajstić information content (AvgIpc) is 2.46. The van der Waals surface area contributed by atoms with Gasteiger partial charge in [-0.05, 0) is 44.0 Å². The average molecular weight is 264 g/mol. The van der Waals surface area contributed by atoms with Gasteiger partial charge in [0.25, 0.3) is 5.91 Å². The summed E-state index contributed by atoms with van der Waals surface area (Å²) in [6.45, 7) is 3.84. The van der Waals surface area contributed by atoms with Crippen LogP contribution in [-0.2, 0) is 0 Å². The molecule has 0 saturated heterocycles. The number of hydrogen-bond donors (Lipinski definition) is 1. The van der Waals surface area contributed by atoms with Gasteiger partial charge in [0.2, 0.25) is 0 Å². The topological polar surface area (TPSA) is 42.0 Å². The molecule has 20 heavy (non-hydrogen) atoms. The van der Waals surface area contributed by atoms with Crippen LogP contribution in [0.3, 0.4) is 0 Å². The Morgan fingerprint density at radius 3 is 2.45 bits per heavy atom. The molecule has 0 spiro atoms. The van der Waals surface area contributed by atoms with Crippen LogP contribution in [0.5, 0.6) is 0 Å². The highest BCUT2D eigenvalue weighted by atomic mass is 16.1. The SMILES string of the molecule is CC(C)NC(=O)c1ccc(C#Cc2ccccc2)nc1. The molecule has 0 bridgehead atoms. The Balaban J connectivity index is 2.09. The summed E-state index contributed by atoms with van der Waals surface area (Å²) in [6.07, 6.45) is 1.55. The third kappa shape index (κ3) is 3.96. The zero-order valence-electron chi connectivity index (χ0n) is 11.6. The maximum atomic E-state index is 11.8. The van der Waals surface area contributed by atoms with Gasteiger partial charge in [0, 0.05) is 17.8 Å². The molecule has 1 N–H and O–H groups in total. The molecule has 0 unspecified atom stereocenters. The molecular formula is C17H16N2O. The molecule has 0 fully saturated rings. The maximum absolute atomic E-state index is 11.8. The first-order chi connectivity index (χ1) is 9.65. The summed E-state index contributed by atoms with van der Waals surface area (Å²) in [4.78, 5) is 15.9. The van der Waals surface area contributed by atoms with E-state index in [2.05, 4.69) is 22.1 Å². The van der Waals surface area contributed by atoms with Crippen molar-refractivity contribution >= 4 is 5.91 Å². The van der Waals surface area contributed by atoms with Crippen LogP contribution in [-0.4, -0.2) is 16.9 Å². The van der Waals surface area contributed by atoms with Crippen LogP contribution < -0.4 is 5.32 Å². The van der Waals surface area contributed by atoms with E-state index in [0.29, 0.717) is 11.3 Å². The van der Waals surface area contributed by atoms with Crippen LogP contribution in [0.4, 0.5) is 0 Å². The van der Waals surface area contributed by atoms with Crippen LogP contribution >= 0.6 is 0 Å². The fraction of sp³-hybridized carbons (Fsp3) is 0.176. The van der Waals surface area contributed by atoms with Gasteiger partial charge >= 0.3 is 0 Å². The minimum Gasteiger partial charge on any atom is -0.350 e.